The zero-order chi connectivity index (χ0) is 14.9. The topological polar surface area (TPSA) is 126 Å². The average molecular weight is 278 g/mol. The van der Waals surface area contributed by atoms with E-state index in [-0.39, 0.29) is 35.3 Å². The van der Waals surface area contributed by atoms with Crippen LogP contribution in [0.15, 0.2) is 12.3 Å². The van der Waals surface area contributed by atoms with Crippen molar-refractivity contribution < 1.29 is 19.5 Å². The number of carboxylic acid groups (broad SMARTS) is 1. The van der Waals surface area contributed by atoms with Gasteiger partial charge in [-0.3, -0.25) is 14.5 Å². The van der Waals surface area contributed by atoms with E-state index in [1.807, 2.05) is 0 Å². The van der Waals surface area contributed by atoms with Crippen molar-refractivity contribution in [2.75, 3.05) is 18.1 Å². The van der Waals surface area contributed by atoms with Gasteiger partial charge < -0.3 is 16.2 Å². The molecule has 1 aliphatic heterocycles. The summed E-state index contributed by atoms with van der Waals surface area (Å²) in [5.41, 5.74) is 5.59. The van der Waals surface area contributed by atoms with Gasteiger partial charge >= 0.3 is 5.97 Å². The number of imide groups is 1. The molecule has 1 saturated heterocycles. The van der Waals surface area contributed by atoms with Gasteiger partial charge in [-0.25, -0.2) is 9.78 Å². The Morgan fingerprint density at radius 1 is 1.55 bits per heavy atom. The van der Waals surface area contributed by atoms with Crippen molar-refractivity contribution in [3.63, 3.8) is 0 Å². The van der Waals surface area contributed by atoms with Crippen molar-refractivity contribution in [2.45, 2.75) is 18.9 Å². The molecule has 2 heterocycles. The Morgan fingerprint density at radius 3 is 2.90 bits per heavy atom. The average Bonchev–Trinajstić information content (AvgIpc) is 2.41. The van der Waals surface area contributed by atoms with E-state index in [2.05, 4.69) is 10.3 Å². The molecule has 1 aliphatic rings. The molecule has 2 amide bonds. The number of hydrogen-bond acceptors (Lipinski definition) is 6. The van der Waals surface area contributed by atoms with Crippen LogP contribution >= 0.6 is 0 Å². The molecule has 1 aromatic rings. The summed E-state index contributed by atoms with van der Waals surface area (Å²) in [7, 11) is 1.41. The molecule has 4 N–H and O–H groups in total. The molecule has 0 aromatic carbocycles. The first-order chi connectivity index (χ1) is 9.41. The van der Waals surface area contributed by atoms with Crippen molar-refractivity contribution in [1.29, 1.82) is 0 Å². The molecule has 0 radical (unpaired) electrons. The summed E-state index contributed by atoms with van der Waals surface area (Å²) in [6.07, 6.45) is 1.85. The van der Waals surface area contributed by atoms with E-state index in [9.17, 15) is 14.4 Å². The molecule has 0 aliphatic carbocycles. The second-order valence-electron chi connectivity index (χ2n) is 4.45. The number of likely N-dealkylation sites (N-methyl/N-ethyl adjacent to an activating group) is 1. The maximum Gasteiger partial charge on any atom is 0.337 e. The number of carbonyl (C=O) groups excluding carboxylic acids is 2. The van der Waals surface area contributed by atoms with E-state index in [1.165, 1.54) is 19.3 Å². The Hall–Kier alpha value is -2.64. The lowest BCUT2D eigenvalue weighted by Crippen LogP contribution is -2.48. The van der Waals surface area contributed by atoms with E-state index in [0.717, 1.165) is 4.90 Å². The summed E-state index contributed by atoms with van der Waals surface area (Å²) in [5.74, 6) is -1.67. The van der Waals surface area contributed by atoms with Crippen LogP contribution < -0.4 is 11.1 Å². The number of carboxylic acids is 1. The highest BCUT2D eigenvalue weighted by atomic mass is 16.4. The number of rotatable bonds is 3. The molecule has 0 bridgehead atoms. The monoisotopic (exact) mass is 278 g/mol. The maximum atomic E-state index is 11.9. The number of aromatic carboxylic acids is 1. The number of carbonyl (C=O) groups is 3. The van der Waals surface area contributed by atoms with Gasteiger partial charge in [0.25, 0.3) is 5.91 Å². The summed E-state index contributed by atoms with van der Waals surface area (Å²) in [4.78, 5) is 39.2. The Morgan fingerprint density at radius 2 is 2.25 bits per heavy atom. The van der Waals surface area contributed by atoms with Crippen molar-refractivity contribution in [3.8, 4) is 0 Å². The second kappa shape index (κ2) is 5.16. The lowest BCUT2D eigenvalue weighted by molar-refractivity contribution is -0.146. The Balaban J connectivity index is 2.23. The van der Waals surface area contributed by atoms with Crippen LogP contribution in [-0.2, 0) is 9.59 Å². The summed E-state index contributed by atoms with van der Waals surface area (Å²) in [5, 5.41) is 11.8. The molecule has 1 unspecified atom stereocenters. The number of nitrogens with one attached hydrogen (secondary N) is 1. The number of hydrogen-bond donors (Lipinski definition) is 3. The molecule has 2 rings (SSSR count). The molecule has 1 fully saturated rings. The van der Waals surface area contributed by atoms with Gasteiger partial charge in [-0.15, -0.1) is 0 Å². The van der Waals surface area contributed by atoms with Crippen molar-refractivity contribution in [3.05, 3.63) is 17.8 Å². The minimum atomic E-state index is -1.17. The van der Waals surface area contributed by atoms with Crippen LogP contribution in [0.3, 0.4) is 0 Å². The smallest absolute Gasteiger partial charge is 0.337 e. The van der Waals surface area contributed by atoms with Gasteiger partial charge in [0.05, 0.1) is 11.3 Å². The number of pyridine rings is 1. The summed E-state index contributed by atoms with van der Waals surface area (Å²) < 4.78 is 0. The van der Waals surface area contributed by atoms with Crippen molar-refractivity contribution in [1.82, 2.24) is 9.88 Å². The Labute approximate surface area is 114 Å². The van der Waals surface area contributed by atoms with E-state index < -0.39 is 12.0 Å². The van der Waals surface area contributed by atoms with Crippen LogP contribution in [0.1, 0.15) is 23.2 Å². The molecule has 0 saturated carbocycles. The van der Waals surface area contributed by atoms with Crippen LogP contribution in [0.5, 0.6) is 0 Å². The third-order valence-corrected chi connectivity index (χ3v) is 3.18. The molecular weight excluding hydrogens is 264 g/mol. The zero-order valence-corrected chi connectivity index (χ0v) is 10.8. The van der Waals surface area contributed by atoms with Gasteiger partial charge in [-0.1, -0.05) is 0 Å². The first kappa shape index (κ1) is 13.8. The number of likely N-dealkylation sites (tertiary alicyclic amines) is 1. The number of anilines is 2. The third-order valence-electron chi connectivity index (χ3n) is 3.18. The minimum absolute atomic E-state index is 0.0349. The van der Waals surface area contributed by atoms with Crippen LogP contribution in [0.4, 0.5) is 11.5 Å². The Bertz CT molecular complexity index is 587. The van der Waals surface area contributed by atoms with Crippen LogP contribution in [0, 0.1) is 0 Å². The van der Waals surface area contributed by atoms with Crippen LogP contribution in [0.25, 0.3) is 0 Å². The van der Waals surface area contributed by atoms with E-state index in [0.29, 0.717) is 6.42 Å². The number of amides is 2. The largest absolute Gasteiger partial charge is 0.478 e. The van der Waals surface area contributed by atoms with Crippen LogP contribution in [0.2, 0.25) is 0 Å². The highest BCUT2D eigenvalue weighted by Crippen LogP contribution is 2.23. The number of nitrogens with two attached hydrogens (primary N) is 1. The van der Waals surface area contributed by atoms with E-state index in [1.54, 1.807) is 0 Å². The standard InChI is InChI=1S/C12H14N4O4/c1-16-8(17)3-2-7(11(16)18)15-10-9(13)6(12(19)20)4-5-14-10/h4-5,7H,2-3,13H2,1H3,(H,14,15)(H,19,20). The fraction of sp³-hybridized carbons (Fsp3) is 0.333. The SMILES string of the molecule is CN1C(=O)CCC(Nc2nccc(C(=O)O)c2N)C1=O. The molecule has 1 atom stereocenters. The second-order valence-corrected chi connectivity index (χ2v) is 4.45. The Kier molecular flexibility index (Phi) is 3.55. The fourth-order valence-electron chi connectivity index (χ4n) is 1.99. The normalized spacial score (nSPS) is 19.1. The van der Waals surface area contributed by atoms with Gasteiger partial charge in [-0.2, -0.15) is 0 Å². The highest BCUT2D eigenvalue weighted by molar-refractivity contribution is 6.02. The first-order valence-electron chi connectivity index (χ1n) is 5.96. The van der Waals surface area contributed by atoms with E-state index in [4.69, 9.17) is 10.8 Å². The molecular formula is C12H14N4O4. The summed E-state index contributed by atoms with van der Waals surface area (Å²) in [6.45, 7) is 0. The van der Waals surface area contributed by atoms with Crippen molar-refractivity contribution >= 4 is 29.3 Å². The van der Waals surface area contributed by atoms with E-state index >= 15 is 0 Å². The third kappa shape index (κ3) is 2.40. The molecule has 8 nitrogen and oxygen atoms in total. The predicted octanol–water partition coefficient (Wildman–Crippen LogP) is -0.0787. The predicted molar refractivity (Wildman–Crippen MR) is 70.0 cm³/mol. The van der Waals surface area contributed by atoms with Crippen LogP contribution in [-0.4, -0.2) is 45.9 Å². The molecule has 20 heavy (non-hydrogen) atoms. The molecule has 106 valence electrons. The number of nitrogens with zero attached hydrogens (tertiary/aromatic N) is 2. The van der Waals surface area contributed by atoms with Gasteiger partial charge in [0.1, 0.15) is 6.04 Å². The quantitative estimate of drug-likeness (QED) is 0.660. The highest BCUT2D eigenvalue weighted by Gasteiger charge is 2.32. The van der Waals surface area contributed by atoms with Gasteiger partial charge in [0.2, 0.25) is 5.91 Å². The molecule has 1 aromatic heterocycles. The number of piperidine rings is 1. The summed E-state index contributed by atoms with van der Waals surface area (Å²) in [6, 6.07) is 0.637. The first-order valence-corrected chi connectivity index (χ1v) is 5.96. The van der Waals surface area contributed by atoms with Crippen molar-refractivity contribution in [2.24, 2.45) is 0 Å². The number of aromatic nitrogens is 1. The molecule has 0 spiro atoms. The lowest BCUT2D eigenvalue weighted by atomic mass is 10.0. The lowest BCUT2D eigenvalue weighted by Gasteiger charge is -2.28. The van der Waals surface area contributed by atoms with Gasteiger partial charge in [0.15, 0.2) is 5.82 Å². The van der Waals surface area contributed by atoms with Gasteiger partial charge in [0, 0.05) is 19.7 Å². The minimum Gasteiger partial charge on any atom is -0.478 e. The fourth-order valence-corrected chi connectivity index (χ4v) is 1.99. The maximum absolute atomic E-state index is 11.9. The molecule has 8 heteroatoms. The zero-order valence-electron chi connectivity index (χ0n) is 10.8. The van der Waals surface area contributed by atoms with Gasteiger partial charge in [-0.05, 0) is 12.5 Å². The summed E-state index contributed by atoms with van der Waals surface area (Å²) >= 11 is 0. The number of nitrogen functional groups attached to an aromatic ring is 1.